The third kappa shape index (κ3) is 4.17. The Balaban J connectivity index is 1.72. The lowest BCUT2D eigenvalue weighted by Gasteiger charge is -2.10. The SMILES string of the molecule is O=[N+]([O-])c1cccc(CNc2cc(C3CC3)nc(NCCO)n2)c1. The van der Waals surface area contributed by atoms with E-state index in [-0.39, 0.29) is 12.3 Å². The number of nitrogens with zero attached hydrogens (tertiary/aromatic N) is 3. The molecule has 8 heteroatoms. The normalized spacial score (nSPS) is 13.5. The summed E-state index contributed by atoms with van der Waals surface area (Å²) >= 11 is 0. The number of nitro benzene ring substituents is 1. The molecule has 3 N–H and O–H groups in total. The van der Waals surface area contributed by atoms with Crippen LogP contribution < -0.4 is 10.6 Å². The van der Waals surface area contributed by atoms with Gasteiger partial charge >= 0.3 is 0 Å². The molecule has 0 amide bonds. The lowest BCUT2D eigenvalue weighted by atomic mass is 10.2. The number of hydrogen-bond acceptors (Lipinski definition) is 7. The summed E-state index contributed by atoms with van der Waals surface area (Å²) in [6.07, 6.45) is 2.25. The highest BCUT2D eigenvalue weighted by Gasteiger charge is 2.26. The maximum Gasteiger partial charge on any atom is 0.269 e. The first-order valence-electron chi connectivity index (χ1n) is 7.86. The molecular weight excluding hydrogens is 310 g/mol. The third-order valence-corrected chi connectivity index (χ3v) is 3.73. The van der Waals surface area contributed by atoms with E-state index in [0.717, 1.165) is 24.1 Å². The molecule has 0 bridgehead atoms. The van der Waals surface area contributed by atoms with E-state index in [1.54, 1.807) is 12.1 Å². The van der Waals surface area contributed by atoms with Gasteiger partial charge in [0.2, 0.25) is 5.95 Å². The average molecular weight is 329 g/mol. The van der Waals surface area contributed by atoms with Gasteiger partial charge in [0.25, 0.3) is 5.69 Å². The van der Waals surface area contributed by atoms with Gasteiger partial charge in [0.1, 0.15) is 5.82 Å². The molecule has 1 saturated carbocycles. The van der Waals surface area contributed by atoms with Gasteiger partial charge < -0.3 is 15.7 Å². The van der Waals surface area contributed by atoms with Gasteiger partial charge in [-0.1, -0.05) is 12.1 Å². The van der Waals surface area contributed by atoms with Crippen molar-refractivity contribution in [3.05, 3.63) is 51.7 Å². The Labute approximate surface area is 139 Å². The molecule has 0 unspecified atom stereocenters. The molecule has 1 aliphatic rings. The Morgan fingerprint density at radius 2 is 2.08 bits per heavy atom. The minimum absolute atomic E-state index is 0.00740. The van der Waals surface area contributed by atoms with Crippen LogP contribution in [0.3, 0.4) is 0 Å². The van der Waals surface area contributed by atoms with Crippen LogP contribution in [0.2, 0.25) is 0 Å². The Hall–Kier alpha value is -2.74. The molecule has 0 radical (unpaired) electrons. The molecule has 0 atom stereocenters. The van der Waals surface area contributed by atoms with E-state index in [0.29, 0.717) is 30.8 Å². The van der Waals surface area contributed by atoms with Crippen molar-refractivity contribution in [3.63, 3.8) is 0 Å². The summed E-state index contributed by atoms with van der Waals surface area (Å²) in [6, 6.07) is 8.42. The molecule has 2 aromatic rings. The van der Waals surface area contributed by atoms with Gasteiger partial charge in [-0.05, 0) is 18.4 Å². The first-order chi connectivity index (χ1) is 11.7. The van der Waals surface area contributed by atoms with E-state index in [9.17, 15) is 10.1 Å². The van der Waals surface area contributed by atoms with E-state index in [1.165, 1.54) is 6.07 Å². The van der Waals surface area contributed by atoms with Crippen LogP contribution in [0, 0.1) is 10.1 Å². The summed E-state index contributed by atoms with van der Waals surface area (Å²) in [5.41, 5.74) is 1.86. The Kier molecular flexibility index (Phi) is 4.85. The van der Waals surface area contributed by atoms with Crippen LogP contribution in [0.25, 0.3) is 0 Å². The lowest BCUT2D eigenvalue weighted by molar-refractivity contribution is -0.384. The predicted octanol–water partition coefficient (Wildman–Crippen LogP) is 2.28. The fourth-order valence-electron chi connectivity index (χ4n) is 2.36. The second-order valence-corrected chi connectivity index (χ2v) is 5.71. The summed E-state index contributed by atoms with van der Waals surface area (Å²) in [4.78, 5) is 19.3. The van der Waals surface area contributed by atoms with E-state index >= 15 is 0 Å². The molecule has 1 aromatic heterocycles. The molecule has 3 rings (SSSR count). The minimum atomic E-state index is -0.406. The Bertz CT molecular complexity index is 733. The van der Waals surface area contributed by atoms with Crippen LogP contribution in [-0.4, -0.2) is 33.1 Å². The van der Waals surface area contributed by atoms with Crippen molar-refractivity contribution < 1.29 is 10.0 Å². The summed E-state index contributed by atoms with van der Waals surface area (Å²) in [6.45, 7) is 0.828. The molecule has 8 nitrogen and oxygen atoms in total. The van der Waals surface area contributed by atoms with Gasteiger partial charge in [-0.15, -0.1) is 0 Å². The van der Waals surface area contributed by atoms with Crippen LogP contribution in [-0.2, 0) is 6.54 Å². The van der Waals surface area contributed by atoms with E-state index in [2.05, 4.69) is 20.6 Å². The number of rotatable bonds is 8. The maximum absolute atomic E-state index is 10.8. The fraction of sp³-hybridized carbons (Fsp3) is 0.375. The Morgan fingerprint density at radius 1 is 1.25 bits per heavy atom. The van der Waals surface area contributed by atoms with Gasteiger partial charge in [0.05, 0.1) is 17.2 Å². The highest BCUT2D eigenvalue weighted by atomic mass is 16.6. The van der Waals surface area contributed by atoms with Crippen LogP contribution in [0.1, 0.15) is 30.0 Å². The molecule has 0 saturated heterocycles. The first kappa shape index (κ1) is 16.1. The second kappa shape index (κ2) is 7.22. The second-order valence-electron chi connectivity index (χ2n) is 5.71. The molecular formula is C16H19N5O3. The van der Waals surface area contributed by atoms with Crippen molar-refractivity contribution in [1.82, 2.24) is 9.97 Å². The number of aliphatic hydroxyl groups is 1. The molecule has 1 aromatic carbocycles. The van der Waals surface area contributed by atoms with E-state index < -0.39 is 4.92 Å². The zero-order chi connectivity index (χ0) is 16.9. The van der Waals surface area contributed by atoms with Crippen LogP contribution >= 0.6 is 0 Å². The van der Waals surface area contributed by atoms with Gasteiger partial charge in [0, 0.05) is 37.2 Å². The molecule has 1 heterocycles. The van der Waals surface area contributed by atoms with Crippen molar-refractivity contribution in [1.29, 1.82) is 0 Å². The van der Waals surface area contributed by atoms with Crippen LogP contribution in [0.15, 0.2) is 30.3 Å². The molecule has 24 heavy (non-hydrogen) atoms. The highest BCUT2D eigenvalue weighted by Crippen LogP contribution is 2.39. The summed E-state index contributed by atoms with van der Waals surface area (Å²) in [5.74, 6) is 1.62. The van der Waals surface area contributed by atoms with Gasteiger partial charge in [0.15, 0.2) is 0 Å². The number of benzene rings is 1. The minimum Gasteiger partial charge on any atom is -0.395 e. The first-order valence-corrected chi connectivity index (χ1v) is 7.86. The average Bonchev–Trinajstić information content (AvgIpc) is 3.43. The van der Waals surface area contributed by atoms with Gasteiger partial charge in [-0.2, -0.15) is 4.98 Å². The van der Waals surface area contributed by atoms with Gasteiger partial charge in [-0.25, -0.2) is 4.98 Å². The standard InChI is InChI=1S/C16H19N5O3/c22-7-6-17-16-19-14(12-4-5-12)9-15(20-16)18-10-11-2-1-3-13(8-11)21(23)24/h1-3,8-9,12,22H,4-7,10H2,(H2,17,18,19,20). The lowest BCUT2D eigenvalue weighted by Crippen LogP contribution is -2.11. The fourth-order valence-corrected chi connectivity index (χ4v) is 2.36. The van der Waals surface area contributed by atoms with Crippen molar-refractivity contribution in [2.24, 2.45) is 0 Å². The van der Waals surface area contributed by atoms with Crippen molar-refractivity contribution in [3.8, 4) is 0 Å². The smallest absolute Gasteiger partial charge is 0.269 e. The number of non-ortho nitro benzene ring substituents is 1. The Morgan fingerprint density at radius 3 is 2.79 bits per heavy atom. The summed E-state index contributed by atoms with van der Waals surface area (Å²) < 4.78 is 0. The number of anilines is 2. The predicted molar refractivity (Wildman–Crippen MR) is 90.0 cm³/mol. The molecule has 126 valence electrons. The van der Waals surface area contributed by atoms with Crippen LogP contribution in [0.5, 0.6) is 0 Å². The zero-order valence-electron chi connectivity index (χ0n) is 13.1. The quantitative estimate of drug-likeness (QED) is 0.503. The largest absolute Gasteiger partial charge is 0.395 e. The van der Waals surface area contributed by atoms with E-state index in [4.69, 9.17) is 5.11 Å². The van der Waals surface area contributed by atoms with E-state index in [1.807, 2.05) is 12.1 Å². The monoisotopic (exact) mass is 329 g/mol. The highest BCUT2D eigenvalue weighted by molar-refractivity contribution is 5.45. The van der Waals surface area contributed by atoms with Crippen molar-refractivity contribution in [2.75, 3.05) is 23.8 Å². The summed E-state index contributed by atoms with van der Waals surface area (Å²) in [7, 11) is 0. The number of aromatic nitrogens is 2. The van der Waals surface area contributed by atoms with Crippen LogP contribution in [0.4, 0.5) is 17.5 Å². The topological polar surface area (TPSA) is 113 Å². The molecule has 0 aliphatic heterocycles. The summed E-state index contributed by atoms with van der Waals surface area (Å²) in [5, 5.41) is 25.9. The van der Waals surface area contributed by atoms with Crippen molar-refractivity contribution >= 4 is 17.5 Å². The molecule has 0 spiro atoms. The number of hydrogen-bond donors (Lipinski definition) is 3. The number of nitro groups is 1. The van der Waals surface area contributed by atoms with Crippen molar-refractivity contribution in [2.45, 2.75) is 25.3 Å². The third-order valence-electron chi connectivity index (χ3n) is 3.73. The van der Waals surface area contributed by atoms with Gasteiger partial charge in [-0.3, -0.25) is 10.1 Å². The number of nitrogens with one attached hydrogen (secondary N) is 2. The molecule has 1 aliphatic carbocycles. The molecule has 1 fully saturated rings. The zero-order valence-corrected chi connectivity index (χ0v) is 13.1. The number of aliphatic hydroxyl groups excluding tert-OH is 1. The maximum atomic E-state index is 10.8.